The van der Waals surface area contributed by atoms with Gasteiger partial charge < -0.3 is 4.90 Å². The summed E-state index contributed by atoms with van der Waals surface area (Å²) in [6.07, 6.45) is 1.17. The first kappa shape index (κ1) is 14.1. The molecule has 0 aromatic carbocycles. The normalized spacial score (nSPS) is 13.6. The lowest BCUT2D eigenvalue weighted by atomic mass is 9.97. The zero-order valence-electron chi connectivity index (χ0n) is 10.5. The van der Waals surface area contributed by atoms with Crippen molar-refractivity contribution in [2.75, 3.05) is 25.9 Å². The lowest BCUT2D eigenvalue weighted by molar-refractivity contribution is 0.255. The van der Waals surface area contributed by atoms with Gasteiger partial charge in [-0.15, -0.1) is 11.3 Å². The van der Waals surface area contributed by atoms with E-state index in [9.17, 15) is 0 Å². The fraction of sp³-hybridized carbons (Fsp3) is 0.692. The molecule has 0 N–H and O–H groups in total. The molecular formula is C13H23NS2. The Morgan fingerprint density at radius 2 is 2.19 bits per heavy atom. The summed E-state index contributed by atoms with van der Waals surface area (Å²) in [6.45, 7) is 6.88. The molecule has 1 unspecified atom stereocenters. The number of thiophene rings is 1. The maximum absolute atomic E-state index is 4.43. The van der Waals surface area contributed by atoms with Crippen molar-refractivity contribution >= 4 is 24.0 Å². The summed E-state index contributed by atoms with van der Waals surface area (Å²) in [6, 6.07) is 4.35. The van der Waals surface area contributed by atoms with Crippen LogP contribution >= 0.6 is 24.0 Å². The molecule has 0 spiro atoms. The average Bonchev–Trinajstić information content (AvgIpc) is 2.75. The predicted molar refractivity (Wildman–Crippen MR) is 77.7 cm³/mol. The lowest BCUT2D eigenvalue weighted by Gasteiger charge is -2.25. The molecular weight excluding hydrogens is 234 g/mol. The van der Waals surface area contributed by atoms with Crippen molar-refractivity contribution in [2.24, 2.45) is 11.8 Å². The monoisotopic (exact) mass is 257 g/mol. The third-order valence-corrected chi connectivity index (χ3v) is 4.45. The van der Waals surface area contributed by atoms with Gasteiger partial charge in [-0.05, 0) is 42.5 Å². The first-order valence-corrected chi connectivity index (χ1v) is 7.46. The molecule has 3 heteroatoms. The van der Waals surface area contributed by atoms with E-state index in [2.05, 4.69) is 55.9 Å². The summed E-state index contributed by atoms with van der Waals surface area (Å²) >= 11 is 6.29. The van der Waals surface area contributed by atoms with Crippen LogP contribution in [-0.2, 0) is 6.42 Å². The SMILES string of the molecule is CC(C)C(CS)CN(C)CCc1cccs1. The minimum absolute atomic E-state index is 0.705. The summed E-state index contributed by atoms with van der Waals surface area (Å²) < 4.78 is 0. The van der Waals surface area contributed by atoms with Crippen LogP contribution in [0.4, 0.5) is 0 Å². The number of likely N-dealkylation sites (N-methyl/N-ethyl adjacent to an activating group) is 1. The zero-order chi connectivity index (χ0) is 12.0. The van der Waals surface area contributed by atoms with Gasteiger partial charge in [0.15, 0.2) is 0 Å². The fourth-order valence-electron chi connectivity index (χ4n) is 1.73. The molecule has 0 saturated carbocycles. The van der Waals surface area contributed by atoms with Crippen LogP contribution in [0.25, 0.3) is 0 Å². The third-order valence-electron chi connectivity index (χ3n) is 3.04. The average molecular weight is 257 g/mol. The Labute approximate surface area is 109 Å². The molecule has 0 aliphatic heterocycles. The molecule has 0 aliphatic carbocycles. The van der Waals surface area contributed by atoms with E-state index < -0.39 is 0 Å². The minimum atomic E-state index is 0.705. The summed E-state index contributed by atoms with van der Waals surface area (Å²) in [5.41, 5.74) is 0. The van der Waals surface area contributed by atoms with E-state index in [4.69, 9.17) is 0 Å². The van der Waals surface area contributed by atoms with Gasteiger partial charge in [0.25, 0.3) is 0 Å². The van der Waals surface area contributed by atoms with Crippen LogP contribution in [0.5, 0.6) is 0 Å². The van der Waals surface area contributed by atoms with Crippen LogP contribution in [0, 0.1) is 11.8 Å². The Morgan fingerprint density at radius 3 is 2.69 bits per heavy atom. The first-order valence-electron chi connectivity index (χ1n) is 5.95. The van der Waals surface area contributed by atoms with Gasteiger partial charge in [-0.25, -0.2) is 0 Å². The summed E-state index contributed by atoms with van der Waals surface area (Å²) in [5, 5.41) is 2.15. The zero-order valence-corrected chi connectivity index (χ0v) is 12.2. The van der Waals surface area contributed by atoms with Crippen molar-refractivity contribution in [2.45, 2.75) is 20.3 Å². The van der Waals surface area contributed by atoms with Crippen molar-refractivity contribution in [3.8, 4) is 0 Å². The molecule has 0 saturated heterocycles. The highest BCUT2D eigenvalue weighted by Crippen LogP contribution is 2.14. The van der Waals surface area contributed by atoms with Crippen molar-refractivity contribution in [1.82, 2.24) is 4.90 Å². The Balaban J connectivity index is 2.27. The quantitative estimate of drug-likeness (QED) is 0.733. The molecule has 0 bridgehead atoms. The molecule has 1 atom stereocenters. The number of hydrogen-bond acceptors (Lipinski definition) is 3. The Hall–Kier alpha value is 0.01000. The molecule has 1 nitrogen and oxygen atoms in total. The minimum Gasteiger partial charge on any atom is -0.306 e. The fourth-order valence-corrected chi connectivity index (χ4v) is 2.96. The van der Waals surface area contributed by atoms with Crippen LogP contribution in [0.2, 0.25) is 0 Å². The van der Waals surface area contributed by atoms with E-state index >= 15 is 0 Å². The van der Waals surface area contributed by atoms with Gasteiger partial charge in [0.1, 0.15) is 0 Å². The molecule has 1 heterocycles. The van der Waals surface area contributed by atoms with E-state index in [1.165, 1.54) is 11.3 Å². The molecule has 16 heavy (non-hydrogen) atoms. The highest BCUT2D eigenvalue weighted by molar-refractivity contribution is 7.80. The van der Waals surface area contributed by atoms with Gasteiger partial charge in [-0.3, -0.25) is 0 Å². The van der Waals surface area contributed by atoms with Gasteiger partial charge in [0.05, 0.1) is 0 Å². The second kappa shape index (κ2) is 7.36. The number of hydrogen-bond donors (Lipinski definition) is 1. The summed E-state index contributed by atoms with van der Waals surface area (Å²) in [5.74, 6) is 2.42. The maximum Gasteiger partial charge on any atom is 0.00579 e. The summed E-state index contributed by atoms with van der Waals surface area (Å²) in [7, 11) is 2.21. The van der Waals surface area contributed by atoms with E-state index in [1.54, 1.807) is 0 Å². The van der Waals surface area contributed by atoms with Crippen LogP contribution in [0.15, 0.2) is 17.5 Å². The van der Waals surface area contributed by atoms with Gasteiger partial charge >= 0.3 is 0 Å². The molecule has 1 aromatic heterocycles. The Bertz CT molecular complexity index is 269. The van der Waals surface area contributed by atoms with Crippen LogP contribution in [0.3, 0.4) is 0 Å². The van der Waals surface area contributed by atoms with Gasteiger partial charge in [0.2, 0.25) is 0 Å². The maximum atomic E-state index is 4.43. The number of thiol groups is 1. The predicted octanol–water partition coefficient (Wildman–Crippen LogP) is 3.42. The molecule has 0 aliphatic rings. The smallest absolute Gasteiger partial charge is 0.00579 e. The standard InChI is InChI=1S/C13H23NS2/c1-11(2)12(10-15)9-14(3)7-6-13-5-4-8-16-13/h4-5,8,11-12,15H,6-7,9-10H2,1-3H3. The second-order valence-corrected chi connectivity index (χ2v) is 6.18. The van der Waals surface area contributed by atoms with Crippen LogP contribution in [0.1, 0.15) is 18.7 Å². The van der Waals surface area contributed by atoms with E-state index in [0.29, 0.717) is 5.92 Å². The Kier molecular flexibility index (Phi) is 6.47. The lowest BCUT2D eigenvalue weighted by Crippen LogP contribution is -2.31. The van der Waals surface area contributed by atoms with E-state index in [0.717, 1.165) is 24.8 Å². The van der Waals surface area contributed by atoms with E-state index in [-0.39, 0.29) is 0 Å². The van der Waals surface area contributed by atoms with Crippen molar-refractivity contribution in [1.29, 1.82) is 0 Å². The second-order valence-electron chi connectivity index (χ2n) is 4.78. The largest absolute Gasteiger partial charge is 0.306 e. The highest BCUT2D eigenvalue weighted by Gasteiger charge is 2.13. The van der Waals surface area contributed by atoms with Gasteiger partial charge in [0, 0.05) is 18.0 Å². The van der Waals surface area contributed by atoms with Crippen LogP contribution < -0.4 is 0 Å². The first-order chi connectivity index (χ1) is 7.63. The van der Waals surface area contributed by atoms with Crippen molar-refractivity contribution in [3.05, 3.63) is 22.4 Å². The van der Waals surface area contributed by atoms with Gasteiger partial charge in [-0.1, -0.05) is 19.9 Å². The van der Waals surface area contributed by atoms with Crippen molar-refractivity contribution in [3.63, 3.8) is 0 Å². The molecule has 1 rings (SSSR count). The highest BCUT2D eigenvalue weighted by atomic mass is 32.1. The Morgan fingerprint density at radius 1 is 1.44 bits per heavy atom. The third kappa shape index (κ3) is 4.89. The molecule has 0 radical (unpaired) electrons. The molecule has 92 valence electrons. The van der Waals surface area contributed by atoms with Crippen molar-refractivity contribution < 1.29 is 0 Å². The van der Waals surface area contributed by atoms with E-state index in [1.807, 2.05) is 11.3 Å². The summed E-state index contributed by atoms with van der Waals surface area (Å²) in [4.78, 5) is 3.92. The molecule has 1 aromatic rings. The number of nitrogens with zero attached hydrogens (tertiary/aromatic N) is 1. The molecule has 0 fully saturated rings. The van der Waals surface area contributed by atoms with Crippen LogP contribution in [-0.4, -0.2) is 30.8 Å². The number of rotatable bonds is 7. The topological polar surface area (TPSA) is 3.24 Å². The molecule has 0 amide bonds. The van der Waals surface area contributed by atoms with Gasteiger partial charge in [-0.2, -0.15) is 12.6 Å².